The maximum absolute atomic E-state index is 12.6. The number of carboxylic acids is 1. The van der Waals surface area contributed by atoms with Crippen molar-refractivity contribution in [3.05, 3.63) is 78.1 Å². The number of nitrogens with one attached hydrogen (secondary N) is 1. The second kappa shape index (κ2) is 6.72. The standard InChI is InChI=1S/C20H13N3O4/c24-18(15-6-5-12-3-1-2-4-14(12)11-15)22-19-16(20(25)26)17(23-27-19)13-7-9-21-10-8-13/h1-11H,(H,22,24)(H,25,26). The van der Waals surface area contributed by atoms with Crippen molar-refractivity contribution in [2.24, 2.45) is 0 Å². The number of aromatic nitrogens is 2. The fraction of sp³-hybridized carbons (Fsp3) is 0. The van der Waals surface area contributed by atoms with E-state index in [4.69, 9.17) is 4.52 Å². The summed E-state index contributed by atoms with van der Waals surface area (Å²) in [6, 6.07) is 16.1. The van der Waals surface area contributed by atoms with Crippen LogP contribution in [0.1, 0.15) is 20.7 Å². The van der Waals surface area contributed by atoms with Crippen LogP contribution in [0.4, 0.5) is 5.88 Å². The third-order valence-corrected chi connectivity index (χ3v) is 4.10. The molecule has 0 aliphatic rings. The minimum atomic E-state index is -1.25. The van der Waals surface area contributed by atoms with Crippen LogP contribution in [-0.2, 0) is 0 Å². The molecule has 4 aromatic rings. The molecule has 0 spiro atoms. The number of rotatable bonds is 4. The molecular weight excluding hydrogens is 346 g/mol. The second-order valence-electron chi connectivity index (χ2n) is 5.79. The Labute approximate surface area is 153 Å². The summed E-state index contributed by atoms with van der Waals surface area (Å²) in [7, 11) is 0. The van der Waals surface area contributed by atoms with Crippen molar-refractivity contribution < 1.29 is 19.2 Å². The van der Waals surface area contributed by atoms with Gasteiger partial charge in [0, 0.05) is 23.5 Å². The van der Waals surface area contributed by atoms with Gasteiger partial charge >= 0.3 is 5.97 Å². The summed E-state index contributed by atoms with van der Waals surface area (Å²) in [4.78, 5) is 28.2. The van der Waals surface area contributed by atoms with E-state index >= 15 is 0 Å². The van der Waals surface area contributed by atoms with Crippen molar-refractivity contribution in [3.8, 4) is 11.3 Å². The fourth-order valence-corrected chi connectivity index (χ4v) is 2.79. The Morgan fingerprint density at radius 3 is 2.44 bits per heavy atom. The maximum Gasteiger partial charge on any atom is 0.343 e. The van der Waals surface area contributed by atoms with E-state index in [9.17, 15) is 14.7 Å². The van der Waals surface area contributed by atoms with Crippen LogP contribution in [0, 0.1) is 0 Å². The molecule has 1 amide bonds. The number of hydrogen-bond donors (Lipinski definition) is 2. The number of pyridine rings is 1. The molecule has 0 unspecified atom stereocenters. The summed E-state index contributed by atoms with van der Waals surface area (Å²) in [6.45, 7) is 0. The first-order chi connectivity index (χ1) is 13.1. The van der Waals surface area contributed by atoms with Gasteiger partial charge in [-0.2, -0.15) is 0 Å². The summed E-state index contributed by atoms with van der Waals surface area (Å²) in [6.07, 6.45) is 3.03. The van der Waals surface area contributed by atoms with Crippen LogP contribution in [0.25, 0.3) is 22.0 Å². The largest absolute Gasteiger partial charge is 0.477 e. The smallest absolute Gasteiger partial charge is 0.343 e. The van der Waals surface area contributed by atoms with E-state index in [0.717, 1.165) is 10.8 Å². The molecule has 2 aromatic carbocycles. The Kier molecular flexibility index (Phi) is 4.10. The van der Waals surface area contributed by atoms with Crippen molar-refractivity contribution in [1.29, 1.82) is 0 Å². The van der Waals surface area contributed by atoms with Crippen LogP contribution in [0.15, 0.2) is 71.5 Å². The van der Waals surface area contributed by atoms with Gasteiger partial charge in [-0.05, 0) is 35.0 Å². The number of aromatic carboxylic acids is 1. The molecular formula is C20H13N3O4. The Hall–Kier alpha value is -4.00. The zero-order valence-corrected chi connectivity index (χ0v) is 13.9. The lowest BCUT2D eigenvalue weighted by molar-refractivity contribution is 0.0698. The van der Waals surface area contributed by atoms with E-state index in [1.54, 1.807) is 24.3 Å². The minimum absolute atomic E-state index is 0.124. The van der Waals surface area contributed by atoms with E-state index in [1.165, 1.54) is 12.4 Å². The molecule has 0 aliphatic heterocycles. The Morgan fingerprint density at radius 1 is 0.963 bits per heavy atom. The van der Waals surface area contributed by atoms with Crippen molar-refractivity contribution in [2.75, 3.05) is 5.32 Å². The van der Waals surface area contributed by atoms with Crippen molar-refractivity contribution in [1.82, 2.24) is 10.1 Å². The molecule has 2 aromatic heterocycles. The van der Waals surface area contributed by atoms with E-state index < -0.39 is 11.9 Å². The average Bonchev–Trinajstić information content (AvgIpc) is 3.12. The monoisotopic (exact) mass is 359 g/mol. The maximum atomic E-state index is 12.6. The molecule has 2 heterocycles. The zero-order chi connectivity index (χ0) is 18.8. The summed E-state index contributed by atoms with van der Waals surface area (Å²) in [5.41, 5.74) is 0.818. The lowest BCUT2D eigenvalue weighted by Gasteiger charge is -2.05. The number of amides is 1. The highest BCUT2D eigenvalue weighted by Crippen LogP contribution is 2.29. The first-order valence-electron chi connectivity index (χ1n) is 8.07. The molecule has 0 radical (unpaired) electrons. The van der Waals surface area contributed by atoms with Crippen molar-refractivity contribution >= 4 is 28.5 Å². The van der Waals surface area contributed by atoms with Gasteiger partial charge in [-0.15, -0.1) is 0 Å². The molecule has 0 aliphatic carbocycles. The molecule has 0 saturated carbocycles. The molecule has 0 fully saturated rings. The molecule has 7 nitrogen and oxygen atoms in total. The van der Waals surface area contributed by atoms with Crippen molar-refractivity contribution in [2.45, 2.75) is 0 Å². The predicted octanol–water partition coefficient (Wildman–Crippen LogP) is 3.84. The molecule has 7 heteroatoms. The zero-order valence-electron chi connectivity index (χ0n) is 13.9. The quantitative estimate of drug-likeness (QED) is 0.573. The number of fused-ring (bicyclic) bond motifs is 1. The third kappa shape index (κ3) is 3.13. The molecule has 0 saturated heterocycles. The van der Waals surface area contributed by atoms with Gasteiger partial charge in [0.2, 0.25) is 5.88 Å². The van der Waals surface area contributed by atoms with E-state index in [1.807, 2.05) is 30.3 Å². The highest BCUT2D eigenvalue weighted by molar-refractivity contribution is 6.09. The number of carboxylic acid groups (broad SMARTS) is 1. The number of carbonyl (C=O) groups excluding carboxylic acids is 1. The normalized spacial score (nSPS) is 10.7. The second-order valence-corrected chi connectivity index (χ2v) is 5.79. The first-order valence-corrected chi connectivity index (χ1v) is 8.07. The van der Waals surface area contributed by atoms with Gasteiger partial charge in [-0.25, -0.2) is 4.79 Å². The predicted molar refractivity (Wildman–Crippen MR) is 98.6 cm³/mol. The summed E-state index contributed by atoms with van der Waals surface area (Å²) in [5, 5.41) is 17.8. The SMILES string of the molecule is O=C(Nc1onc(-c2ccncc2)c1C(=O)O)c1ccc2ccccc2c1. The number of hydrogen-bond acceptors (Lipinski definition) is 5. The van der Waals surface area contributed by atoms with Gasteiger partial charge in [0.1, 0.15) is 5.69 Å². The number of benzene rings is 2. The Morgan fingerprint density at radius 2 is 1.70 bits per heavy atom. The van der Waals surface area contributed by atoms with Crippen LogP contribution in [0.3, 0.4) is 0 Å². The van der Waals surface area contributed by atoms with Crippen LogP contribution in [-0.4, -0.2) is 27.1 Å². The lowest BCUT2D eigenvalue weighted by atomic mass is 10.1. The van der Waals surface area contributed by atoms with Crippen LogP contribution in [0.2, 0.25) is 0 Å². The first kappa shape index (κ1) is 16.5. The summed E-state index contributed by atoms with van der Waals surface area (Å²) >= 11 is 0. The van der Waals surface area contributed by atoms with E-state index in [-0.39, 0.29) is 17.1 Å². The van der Waals surface area contributed by atoms with Crippen LogP contribution >= 0.6 is 0 Å². The van der Waals surface area contributed by atoms with Crippen molar-refractivity contribution in [3.63, 3.8) is 0 Å². The Balaban J connectivity index is 1.68. The number of carbonyl (C=O) groups is 2. The fourth-order valence-electron chi connectivity index (χ4n) is 2.79. The molecule has 27 heavy (non-hydrogen) atoms. The molecule has 132 valence electrons. The summed E-state index contributed by atoms with van der Waals surface area (Å²) < 4.78 is 5.11. The van der Waals surface area contributed by atoms with Gasteiger partial charge in [0.05, 0.1) is 0 Å². The highest BCUT2D eigenvalue weighted by Gasteiger charge is 2.25. The molecule has 2 N–H and O–H groups in total. The Bertz CT molecular complexity index is 1150. The van der Waals surface area contributed by atoms with E-state index in [0.29, 0.717) is 11.1 Å². The van der Waals surface area contributed by atoms with E-state index in [2.05, 4.69) is 15.5 Å². The molecule has 4 rings (SSSR count). The van der Waals surface area contributed by atoms with Crippen LogP contribution in [0.5, 0.6) is 0 Å². The molecule has 0 bridgehead atoms. The third-order valence-electron chi connectivity index (χ3n) is 4.10. The van der Waals surface area contributed by atoms with Gasteiger partial charge in [0.25, 0.3) is 5.91 Å². The van der Waals surface area contributed by atoms with Gasteiger partial charge < -0.3 is 9.63 Å². The van der Waals surface area contributed by atoms with Gasteiger partial charge in [0.15, 0.2) is 5.56 Å². The minimum Gasteiger partial charge on any atom is -0.477 e. The van der Waals surface area contributed by atoms with Crippen LogP contribution < -0.4 is 5.32 Å². The molecule has 0 atom stereocenters. The number of anilines is 1. The topological polar surface area (TPSA) is 105 Å². The summed E-state index contributed by atoms with van der Waals surface area (Å²) in [5.74, 6) is -1.95. The lowest BCUT2D eigenvalue weighted by Crippen LogP contribution is -2.14. The van der Waals surface area contributed by atoms with Gasteiger partial charge in [-0.1, -0.05) is 35.5 Å². The average molecular weight is 359 g/mol. The van der Waals surface area contributed by atoms with Gasteiger partial charge in [-0.3, -0.25) is 15.1 Å². The highest BCUT2D eigenvalue weighted by atomic mass is 16.5. The number of nitrogens with zero attached hydrogens (tertiary/aromatic N) is 2.